The van der Waals surface area contributed by atoms with E-state index in [1.54, 1.807) is 0 Å². The van der Waals surface area contributed by atoms with Crippen LogP contribution in [0, 0.1) is 5.92 Å². The zero-order valence-corrected chi connectivity index (χ0v) is 12.2. The molecule has 20 heavy (non-hydrogen) atoms. The standard InChI is InChI=1S/C16H18N2OS/c1-11(19)17-13-6-8-14(9-7-13)18-16(12-4-5-12)15-3-2-10-20-15/h2-3,6-10,12,16,18H,4-5H2,1H3,(H,17,19). The Labute approximate surface area is 123 Å². The van der Waals surface area contributed by atoms with Crippen molar-refractivity contribution in [2.45, 2.75) is 25.8 Å². The van der Waals surface area contributed by atoms with E-state index in [4.69, 9.17) is 0 Å². The summed E-state index contributed by atoms with van der Waals surface area (Å²) in [5, 5.41) is 8.54. The van der Waals surface area contributed by atoms with Crippen LogP contribution in [0.15, 0.2) is 41.8 Å². The minimum atomic E-state index is -0.0415. The minimum Gasteiger partial charge on any atom is -0.377 e. The van der Waals surface area contributed by atoms with Gasteiger partial charge in [-0.2, -0.15) is 0 Å². The maximum Gasteiger partial charge on any atom is 0.221 e. The largest absolute Gasteiger partial charge is 0.377 e. The number of anilines is 2. The smallest absolute Gasteiger partial charge is 0.221 e. The summed E-state index contributed by atoms with van der Waals surface area (Å²) in [6.45, 7) is 1.52. The van der Waals surface area contributed by atoms with Crippen molar-refractivity contribution in [1.82, 2.24) is 0 Å². The van der Waals surface area contributed by atoms with E-state index in [2.05, 4.69) is 28.1 Å². The van der Waals surface area contributed by atoms with Crippen LogP contribution in [0.1, 0.15) is 30.7 Å². The fraction of sp³-hybridized carbons (Fsp3) is 0.312. The summed E-state index contributed by atoms with van der Waals surface area (Å²) in [4.78, 5) is 12.4. The first-order valence-corrected chi connectivity index (χ1v) is 7.78. The van der Waals surface area contributed by atoms with Crippen LogP contribution >= 0.6 is 11.3 Å². The second-order valence-electron chi connectivity index (χ2n) is 5.23. The van der Waals surface area contributed by atoms with Gasteiger partial charge >= 0.3 is 0 Å². The van der Waals surface area contributed by atoms with E-state index in [9.17, 15) is 4.79 Å². The molecule has 1 amide bonds. The lowest BCUT2D eigenvalue weighted by Gasteiger charge is -2.18. The van der Waals surface area contributed by atoms with Crippen molar-refractivity contribution in [2.75, 3.05) is 10.6 Å². The molecule has 1 atom stereocenters. The van der Waals surface area contributed by atoms with Crippen LogP contribution in [0.3, 0.4) is 0 Å². The van der Waals surface area contributed by atoms with Crippen molar-refractivity contribution in [2.24, 2.45) is 5.92 Å². The molecule has 1 aliphatic carbocycles. The van der Waals surface area contributed by atoms with E-state index in [0.29, 0.717) is 6.04 Å². The predicted octanol–water partition coefficient (Wildman–Crippen LogP) is 4.27. The molecule has 1 unspecified atom stereocenters. The van der Waals surface area contributed by atoms with Crippen molar-refractivity contribution >= 4 is 28.6 Å². The van der Waals surface area contributed by atoms with E-state index in [1.807, 2.05) is 35.6 Å². The first-order chi connectivity index (χ1) is 9.72. The Morgan fingerprint density at radius 2 is 1.90 bits per heavy atom. The van der Waals surface area contributed by atoms with Gasteiger partial charge in [0.2, 0.25) is 5.91 Å². The Balaban J connectivity index is 1.71. The SMILES string of the molecule is CC(=O)Nc1ccc(NC(c2cccs2)C2CC2)cc1. The quantitative estimate of drug-likeness (QED) is 0.861. The Morgan fingerprint density at radius 1 is 1.20 bits per heavy atom. The van der Waals surface area contributed by atoms with Crippen molar-refractivity contribution in [1.29, 1.82) is 0 Å². The second-order valence-corrected chi connectivity index (χ2v) is 6.21. The average molecular weight is 286 g/mol. The Kier molecular flexibility index (Phi) is 3.74. The third-order valence-electron chi connectivity index (χ3n) is 3.47. The van der Waals surface area contributed by atoms with Gasteiger partial charge < -0.3 is 10.6 Å². The maximum atomic E-state index is 11.0. The minimum absolute atomic E-state index is 0.0415. The van der Waals surface area contributed by atoms with Gasteiger partial charge in [-0.3, -0.25) is 4.79 Å². The lowest BCUT2D eigenvalue weighted by molar-refractivity contribution is -0.114. The first-order valence-electron chi connectivity index (χ1n) is 6.90. The molecule has 3 nitrogen and oxygen atoms in total. The fourth-order valence-electron chi connectivity index (χ4n) is 2.35. The Bertz CT molecular complexity index is 573. The fourth-order valence-corrected chi connectivity index (χ4v) is 3.22. The van der Waals surface area contributed by atoms with Crippen molar-refractivity contribution in [3.05, 3.63) is 46.7 Å². The van der Waals surface area contributed by atoms with E-state index in [-0.39, 0.29) is 5.91 Å². The zero-order valence-electron chi connectivity index (χ0n) is 11.4. The molecular formula is C16H18N2OS. The van der Waals surface area contributed by atoms with Crippen LogP contribution in [0.4, 0.5) is 11.4 Å². The monoisotopic (exact) mass is 286 g/mol. The molecule has 0 radical (unpaired) electrons. The van der Waals surface area contributed by atoms with E-state index in [1.165, 1.54) is 24.6 Å². The normalized spacial score (nSPS) is 15.7. The Morgan fingerprint density at radius 3 is 2.45 bits per heavy atom. The van der Waals surface area contributed by atoms with Crippen LogP contribution < -0.4 is 10.6 Å². The van der Waals surface area contributed by atoms with Crippen LogP contribution in [0.25, 0.3) is 0 Å². The summed E-state index contributed by atoms with van der Waals surface area (Å²) >= 11 is 1.81. The lowest BCUT2D eigenvalue weighted by Crippen LogP contribution is -2.11. The van der Waals surface area contributed by atoms with Crippen LogP contribution in [0.5, 0.6) is 0 Å². The molecule has 1 fully saturated rings. The van der Waals surface area contributed by atoms with Gasteiger partial charge in [0.15, 0.2) is 0 Å². The highest BCUT2D eigenvalue weighted by atomic mass is 32.1. The molecule has 1 heterocycles. The van der Waals surface area contributed by atoms with Crippen LogP contribution in [-0.2, 0) is 4.79 Å². The number of carbonyl (C=O) groups is 1. The molecule has 0 spiro atoms. The number of amides is 1. The molecule has 1 aromatic heterocycles. The number of hydrogen-bond acceptors (Lipinski definition) is 3. The number of rotatable bonds is 5. The molecule has 0 bridgehead atoms. The predicted molar refractivity (Wildman–Crippen MR) is 84.2 cm³/mol. The van der Waals surface area contributed by atoms with Gasteiger partial charge in [-0.1, -0.05) is 6.07 Å². The summed E-state index contributed by atoms with van der Waals surface area (Å²) in [5.41, 5.74) is 1.94. The van der Waals surface area contributed by atoms with Gasteiger partial charge in [0.25, 0.3) is 0 Å². The average Bonchev–Trinajstić information content (AvgIpc) is 3.12. The lowest BCUT2D eigenvalue weighted by atomic mass is 10.1. The summed E-state index contributed by atoms with van der Waals surface area (Å²) in [6.07, 6.45) is 2.61. The van der Waals surface area contributed by atoms with Crippen LogP contribution in [0.2, 0.25) is 0 Å². The van der Waals surface area contributed by atoms with Crippen molar-refractivity contribution < 1.29 is 4.79 Å². The number of benzene rings is 1. The van der Waals surface area contributed by atoms with Gasteiger partial charge in [0.05, 0.1) is 6.04 Å². The number of carbonyl (C=O) groups excluding carboxylic acids is 1. The van der Waals surface area contributed by atoms with Gasteiger partial charge in [-0.05, 0) is 54.5 Å². The van der Waals surface area contributed by atoms with E-state index >= 15 is 0 Å². The molecule has 1 aliphatic rings. The zero-order chi connectivity index (χ0) is 13.9. The third-order valence-corrected chi connectivity index (χ3v) is 4.43. The summed E-state index contributed by atoms with van der Waals surface area (Å²) in [6, 6.07) is 12.6. The molecule has 3 rings (SSSR count). The number of hydrogen-bond donors (Lipinski definition) is 2. The molecule has 2 N–H and O–H groups in total. The first kappa shape index (κ1) is 13.2. The van der Waals surface area contributed by atoms with Crippen LogP contribution in [-0.4, -0.2) is 5.91 Å². The summed E-state index contributed by atoms with van der Waals surface area (Å²) < 4.78 is 0. The van der Waals surface area contributed by atoms with Crippen molar-refractivity contribution in [3.63, 3.8) is 0 Å². The molecule has 4 heteroatoms. The number of thiophene rings is 1. The molecule has 104 valence electrons. The molecule has 2 aromatic rings. The van der Waals surface area contributed by atoms with E-state index < -0.39 is 0 Å². The second kappa shape index (κ2) is 5.67. The molecule has 1 saturated carbocycles. The topological polar surface area (TPSA) is 41.1 Å². The van der Waals surface area contributed by atoms with Gasteiger partial charge in [0.1, 0.15) is 0 Å². The van der Waals surface area contributed by atoms with Gasteiger partial charge in [0, 0.05) is 23.2 Å². The summed E-state index contributed by atoms with van der Waals surface area (Å²) in [5.74, 6) is 0.712. The molecule has 0 saturated heterocycles. The highest BCUT2D eigenvalue weighted by Crippen LogP contribution is 2.44. The summed E-state index contributed by atoms with van der Waals surface area (Å²) in [7, 11) is 0. The molecule has 0 aliphatic heterocycles. The van der Waals surface area contributed by atoms with Crippen molar-refractivity contribution in [3.8, 4) is 0 Å². The maximum absolute atomic E-state index is 11.0. The highest BCUT2D eigenvalue weighted by Gasteiger charge is 2.32. The Hall–Kier alpha value is -1.81. The van der Waals surface area contributed by atoms with Gasteiger partial charge in [-0.15, -0.1) is 11.3 Å². The van der Waals surface area contributed by atoms with Gasteiger partial charge in [-0.25, -0.2) is 0 Å². The third kappa shape index (κ3) is 3.20. The number of nitrogens with one attached hydrogen (secondary N) is 2. The van der Waals surface area contributed by atoms with E-state index in [0.717, 1.165) is 17.3 Å². The molecular weight excluding hydrogens is 268 g/mol. The highest BCUT2D eigenvalue weighted by molar-refractivity contribution is 7.10. The molecule has 1 aromatic carbocycles.